The maximum atomic E-state index is 6.69. The van der Waals surface area contributed by atoms with Gasteiger partial charge in [0.25, 0.3) is 0 Å². The molecule has 11 aromatic rings. The van der Waals surface area contributed by atoms with Crippen molar-refractivity contribution in [3.05, 3.63) is 305 Å². The molecule has 0 N–H and O–H groups in total. The standard InChI is InChI=1S/C68H43NO2/c1-2-18-44(19-3-1)45-34-36-46(37-35-45)49-20-6-13-29-62(49)69(47-38-40-56-52(42-47)50-21-4-7-23-54(50)67(56)58-25-9-14-30-63(58)70-64-31-15-10-26-59(64)67)48-39-41-57-53(43-48)51-22-5-8-24-55(51)68(57)60-27-11-16-32-65(60)71-66-33-17-12-28-61(66)68/h1-43H. The molecule has 0 amide bonds. The molecule has 3 heteroatoms. The van der Waals surface area contributed by atoms with Crippen LogP contribution in [0.25, 0.3) is 44.5 Å². The lowest BCUT2D eigenvalue weighted by Gasteiger charge is -2.39. The predicted octanol–water partition coefficient (Wildman–Crippen LogP) is 17.4. The highest BCUT2D eigenvalue weighted by atomic mass is 16.5. The van der Waals surface area contributed by atoms with E-state index in [0.29, 0.717) is 0 Å². The highest BCUT2D eigenvalue weighted by Gasteiger charge is 2.53. The number of fused-ring (bicyclic) bond motifs is 18. The van der Waals surface area contributed by atoms with Crippen LogP contribution in [0.3, 0.4) is 0 Å². The van der Waals surface area contributed by atoms with Crippen LogP contribution in [0.2, 0.25) is 0 Å². The van der Waals surface area contributed by atoms with Crippen molar-refractivity contribution in [3.8, 4) is 67.5 Å². The van der Waals surface area contributed by atoms with Crippen LogP contribution in [0, 0.1) is 0 Å². The molecule has 0 saturated carbocycles. The Morgan fingerprint density at radius 2 is 0.577 bits per heavy atom. The number of rotatable bonds is 5. The van der Waals surface area contributed by atoms with Gasteiger partial charge in [0.2, 0.25) is 0 Å². The first-order valence-corrected chi connectivity index (χ1v) is 24.5. The molecule has 15 rings (SSSR count). The Balaban J connectivity index is 0.978. The highest BCUT2D eigenvalue weighted by molar-refractivity contribution is 5.96. The van der Waals surface area contributed by atoms with Crippen LogP contribution in [0.5, 0.6) is 23.0 Å². The molecule has 2 heterocycles. The van der Waals surface area contributed by atoms with Gasteiger partial charge in [-0.05, 0) is 116 Å². The van der Waals surface area contributed by atoms with Gasteiger partial charge in [-0.3, -0.25) is 0 Å². The third-order valence-corrected chi connectivity index (χ3v) is 15.6. The Hall–Kier alpha value is -9.18. The van der Waals surface area contributed by atoms with Gasteiger partial charge in [0.1, 0.15) is 23.0 Å². The summed E-state index contributed by atoms with van der Waals surface area (Å²) in [5.41, 5.74) is 21.3. The zero-order valence-corrected chi connectivity index (χ0v) is 38.6. The van der Waals surface area contributed by atoms with Crippen LogP contribution in [0.15, 0.2) is 261 Å². The molecule has 0 saturated heterocycles. The van der Waals surface area contributed by atoms with E-state index in [2.05, 4.69) is 266 Å². The lowest BCUT2D eigenvalue weighted by Crippen LogP contribution is -2.32. The topological polar surface area (TPSA) is 21.7 Å². The summed E-state index contributed by atoms with van der Waals surface area (Å²) in [6.07, 6.45) is 0. The first-order chi connectivity index (χ1) is 35.2. The van der Waals surface area contributed by atoms with Crippen molar-refractivity contribution < 1.29 is 9.47 Å². The normalized spacial score (nSPS) is 14.1. The minimum Gasteiger partial charge on any atom is -0.457 e. The SMILES string of the molecule is c1ccc(-c2ccc(-c3ccccc3N(c3ccc4c(c3)-c3ccccc3C43c4ccccc4Oc4ccccc43)c3ccc4c(c3)-c3ccccc3C43c4ccccc4Oc4ccccc43)cc2)cc1. The van der Waals surface area contributed by atoms with Crippen LogP contribution in [0.4, 0.5) is 17.1 Å². The van der Waals surface area contributed by atoms with Crippen molar-refractivity contribution in [2.75, 3.05) is 4.90 Å². The van der Waals surface area contributed by atoms with Gasteiger partial charge >= 0.3 is 0 Å². The maximum absolute atomic E-state index is 6.69. The first-order valence-electron chi connectivity index (χ1n) is 24.5. The van der Waals surface area contributed by atoms with Crippen molar-refractivity contribution in [1.82, 2.24) is 0 Å². The average molecular weight is 906 g/mol. The molecule has 0 bridgehead atoms. The summed E-state index contributed by atoms with van der Waals surface area (Å²) in [5, 5.41) is 0. The van der Waals surface area contributed by atoms with E-state index >= 15 is 0 Å². The second-order valence-corrected chi connectivity index (χ2v) is 19.0. The van der Waals surface area contributed by atoms with Crippen LogP contribution >= 0.6 is 0 Å². The van der Waals surface area contributed by atoms with Gasteiger partial charge in [-0.1, -0.05) is 206 Å². The minimum absolute atomic E-state index is 0.568. The number of ether oxygens (including phenoxy) is 2. The van der Waals surface area contributed by atoms with Crippen LogP contribution in [0.1, 0.15) is 44.5 Å². The predicted molar refractivity (Wildman–Crippen MR) is 287 cm³/mol. The van der Waals surface area contributed by atoms with Crippen molar-refractivity contribution >= 4 is 17.1 Å². The Morgan fingerprint density at radius 3 is 1.04 bits per heavy atom. The molecule has 0 atom stereocenters. The fraction of sp³-hybridized carbons (Fsp3) is 0.0294. The van der Waals surface area contributed by atoms with Gasteiger partial charge in [-0.15, -0.1) is 0 Å². The molecule has 3 nitrogen and oxygen atoms in total. The van der Waals surface area contributed by atoms with Gasteiger partial charge in [-0.25, -0.2) is 0 Å². The van der Waals surface area contributed by atoms with E-state index in [1.807, 2.05) is 0 Å². The molecule has 2 aliphatic heterocycles. The molecule has 0 aromatic heterocycles. The molecule has 0 fully saturated rings. The Labute approximate surface area is 413 Å². The van der Waals surface area contributed by atoms with Crippen molar-refractivity contribution in [2.45, 2.75) is 10.8 Å². The molecule has 4 aliphatic rings. The molecule has 332 valence electrons. The van der Waals surface area contributed by atoms with Gasteiger partial charge in [0.15, 0.2) is 0 Å². The van der Waals surface area contributed by atoms with E-state index in [9.17, 15) is 0 Å². The summed E-state index contributed by atoms with van der Waals surface area (Å²) in [5.74, 6) is 3.55. The third kappa shape index (κ3) is 5.49. The van der Waals surface area contributed by atoms with E-state index in [0.717, 1.165) is 73.4 Å². The van der Waals surface area contributed by atoms with Crippen LogP contribution in [-0.4, -0.2) is 0 Å². The summed E-state index contributed by atoms with van der Waals surface area (Å²) < 4.78 is 13.4. The number of hydrogen-bond acceptors (Lipinski definition) is 3. The third-order valence-electron chi connectivity index (χ3n) is 15.6. The van der Waals surface area contributed by atoms with E-state index < -0.39 is 10.8 Å². The molecule has 0 radical (unpaired) electrons. The maximum Gasteiger partial charge on any atom is 0.132 e. The Morgan fingerprint density at radius 1 is 0.239 bits per heavy atom. The lowest BCUT2D eigenvalue weighted by molar-refractivity contribution is 0.436. The second kappa shape index (κ2) is 15.2. The zero-order chi connectivity index (χ0) is 46.7. The molecule has 2 aliphatic carbocycles. The van der Waals surface area contributed by atoms with Gasteiger partial charge in [-0.2, -0.15) is 0 Å². The van der Waals surface area contributed by atoms with Gasteiger partial charge in [0, 0.05) is 39.2 Å². The summed E-state index contributed by atoms with van der Waals surface area (Å²) in [6.45, 7) is 0. The van der Waals surface area contributed by atoms with Crippen molar-refractivity contribution in [2.24, 2.45) is 0 Å². The quantitative estimate of drug-likeness (QED) is 0.172. The fourth-order valence-electron chi connectivity index (χ4n) is 12.8. The summed E-state index contributed by atoms with van der Waals surface area (Å²) >= 11 is 0. The largest absolute Gasteiger partial charge is 0.457 e. The summed E-state index contributed by atoms with van der Waals surface area (Å²) in [7, 11) is 0. The molecular formula is C68H43NO2. The van der Waals surface area contributed by atoms with Gasteiger partial charge < -0.3 is 14.4 Å². The minimum atomic E-state index is -0.568. The molecule has 0 unspecified atom stereocenters. The number of nitrogens with zero attached hydrogens (tertiary/aromatic N) is 1. The zero-order valence-electron chi connectivity index (χ0n) is 38.6. The number of hydrogen-bond donors (Lipinski definition) is 0. The van der Waals surface area contributed by atoms with E-state index in [4.69, 9.17) is 9.47 Å². The average Bonchev–Trinajstić information content (AvgIpc) is 3.89. The summed E-state index contributed by atoms with van der Waals surface area (Å²) in [4.78, 5) is 2.49. The Bertz CT molecular complexity index is 3680. The monoisotopic (exact) mass is 905 g/mol. The fourth-order valence-corrected chi connectivity index (χ4v) is 12.8. The molecular weight excluding hydrogens is 863 g/mol. The summed E-state index contributed by atoms with van der Waals surface area (Å²) in [6, 6.07) is 95.2. The number of para-hydroxylation sites is 5. The smallest absolute Gasteiger partial charge is 0.132 e. The van der Waals surface area contributed by atoms with E-state index in [1.54, 1.807) is 0 Å². The number of benzene rings is 11. The molecule has 11 aromatic carbocycles. The lowest BCUT2D eigenvalue weighted by atomic mass is 9.66. The van der Waals surface area contributed by atoms with E-state index in [-0.39, 0.29) is 0 Å². The first kappa shape index (κ1) is 39.8. The van der Waals surface area contributed by atoms with E-state index in [1.165, 1.54) is 55.6 Å². The van der Waals surface area contributed by atoms with Crippen molar-refractivity contribution in [1.29, 1.82) is 0 Å². The van der Waals surface area contributed by atoms with Crippen LogP contribution in [-0.2, 0) is 10.8 Å². The van der Waals surface area contributed by atoms with Crippen molar-refractivity contribution in [3.63, 3.8) is 0 Å². The Kier molecular flexibility index (Phi) is 8.49. The highest BCUT2D eigenvalue weighted by Crippen LogP contribution is 2.65. The van der Waals surface area contributed by atoms with Gasteiger partial charge in [0.05, 0.1) is 16.5 Å². The molecule has 2 spiro atoms. The molecule has 71 heavy (non-hydrogen) atoms. The van der Waals surface area contributed by atoms with Crippen LogP contribution < -0.4 is 14.4 Å². The second-order valence-electron chi connectivity index (χ2n) is 19.0. The number of anilines is 3.